The highest BCUT2D eigenvalue weighted by Gasteiger charge is 2.18. The van der Waals surface area contributed by atoms with Gasteiger partial charge in [-0.3, -0.25) is 0 Å². The smallest absolute Gasteiger partial charge is 0.148 e. The van der Waals surface area contributed by atoms with Crippen LogP contribution in [0.15, 0.2) is 36.4 Å². The zero-order valence-corrected chi connectivity index (χ0v) is 9.71. The molecule has 0 aliphatic carbocycles. The first-order valence-corrected chi connectivity index (χ1v) is 5.66. The second kappa shape index (κ2) is 5.51. The summed E-state index contributed by atoms with van der Waals surface area (Å²) in [6.07, 6.45) is 3.24. The Balaban J connectivity index is 2.13. The van der Waals surface area contributed by atoms with Crippen LogP contribution in [0, 0.1) is 0 Å². The van der Waals surface area contributed by atoms with Gasteiger partial charge < -0.3 is 16.0 Å². The van der Waals surface area contributed by atoms with E-state index < -0.39 is 0 Å². The number of aromatic nitrogens is 1. The number of nitrogens with zero attached hydrogens (tertiary/aromatic N) is 3. The van der Waals surface area contributed by atoms with Gasteiger partial charge in [-0.2, -0.15) is 0 Å². The number of pyridine rings is 1. The Bertz CT molecular complexity index is 371. The van der Waals surface area contributed by atoms with Crippen LogP contribution in [0.2, 0.25) is 0 Å². The number of nitrogens with two attached hydrogens (primary N) is 2. The van der Waals surface area contributed by atoms with Crippen molar-refractivity contribution in [2.24, 2.45) is 11.6 Å². The minimum Gasteiger partial charge on any atom is -0.402 e. The fraction of sp³-hybridized carbons (Fsp3) is 0.364. The highest BCUT2D eigenvalue weighted by Crippen LogP contribution is 2.14. The molecule has 1 aliphatic heterocycles. The van der Waals surface area contributed by atoms with Gasteiger partial charge in [0.1, 0.15) is 11.6 Å². The third-order valence-electron chi connectivity index (χ3n) is 2.73. The number of hydrogen-bond acceptors (Lipinski definition) is 6. The number of anilines is 1. The fourth-order valence-corrected chi connectivity index (χ4v) is 1.85. The molecule has 6 nitrogen and oxygen atoms in total. The lowest BCUT2D eigenvalue weighted by molar-refractivity contribution is 0.290. The maximum Gasteiger partial charge on any atom is 0.148 e. The second-order valence-corrected chi connectivity index (χ2v) is 3.82. The van der Waals surface area contributed by atoms with E-state index in [0.717, 1.165) is 32.0 Å². The Kier molecular flexibility index (Phi) is 3.79. The molecule has 0 atom stereocenters. The van der Waals surface area contributed by atoms with Gasteiger partial charge in [-0.05, 0) is 12.1 Å². The Morgan fingerprint density at radius 2 is 2.18 bits per heavy atom. The van der Waals surface area contributed by atoms with Gasteiger partial charge in [0, 0.05) is 38.6 Å². The third-order valence-corrected chi connectivity index (χ3v) is 2.73. The molecule has 0 aromatic carbocycles. The van der Waals surface area contributed by atoms with E-state index in [-0.39, 0.29) is 0 Å². The van der Waals surface area contributed by atoms with Crippen LogP contribution in [0.4, 0.5) is 5.82 Å². The number of hydrogen-bond donors (Lipinski definition) is 3. The van der Waals surface area contributed by atoms with Crippen LogP contribution in [0.5, 0.6) is 0 Å². The van der Waals surface area contributed by atoms with Crippen molar-refractivity contribution in [3.05, 3.63) is 36.4 Å². The summed E-state index contributed by atoms with van der Waals surface area (Å²) >= 11 is 0. The zero-order chi connectivity index (χ0) is 12.1. The predicted octanol–water partition coefficient (Wildman–Crippen LogP) is -0.575. The lowest BCUT2D eigenvalue weighted by Crippen LogP contribution is -2.49. The summed E-state index contributed by atoms with van der Waals surface area (Å²) < 4.78 is 0. The van der Waals surface area contributed by atoms with Gasteiger partial charge in [0.2, 0.25) is 0 Å². The first-order valence-electron chi connectivity index (χ1n) is 5.66. The number of nitrogens with one attached hydrogen (secondary N) is 1. The van der Waals surface area contributed by atoms with Crippen molar-refractivity contribution < 1.29 is 0 Å². The van der Waals surface area contributed by atoms with Crippen LogP contribution in [-0.4, -0.2) is 36.1 Å². The maximum atomic E-state index is 6.04. The topological polar surface area (TPSA) is 83.4 Å². The molecule has 1 aromatic rings. The van der Waals surface area contributed by atoms with Gasteiger partial charge in [-0.25, -0.2) is 15.8 Å². The molecular formula is C11H18N6. The molecule has 0 unspecified atom stereocenters. The highest BCUT2D eigenvalue weighted by molar-refractivity contribution is 5.42. The Morgan fingerprint density at radius 3 is 2.76 bits per heavy atom. The molecule has 1 aliphatic rings. The largest absolute Gasteiger partial charge is 0.402 e. The van der Waals surface area contributed by atoms with Gasteiger partial charge in [0.15, 0.2) is 0 Å². The van der Waals surface area contributed by atoms with Crippen molar-refractivity contribution >= 4 is 5.82 Å². The van der Waals surface area contributed by atoms with Crippen molar-refractivity contribution in [2.75, 3.05) is 31.2 Å². The molecule has 2 rings (SSSR count). The molecule has 0 amide bonds. The van der Waals surface area contributed by atoms with Crippen molar-refractivity contribution in [1.82, 2.24) is 15.2 Å². The summed E-state index contributed by atoms with van der Waals surface area (Å²) in [5.41, 5.74) is 5.67. The lowest BCUT2D eigenvalue weighted by atomic mass is 10.3. The van der Waals surface area contributed by atoms with E-state index >= 15 is 0 Å². The first kappa shape index (κ1) is 11.7. The van der Waals surface area contributed by atoms with E-state index in [0.29, 0.717) is 5.82 Å². The molecule has 0 radical (unpaired) electrons. The molecule has 0 spiro atoms. The van der Waals surface area contributed by atoms with E-state index in [1.54, 1.807) is 6.20 Å². The third kappa shape index (κ3) is 2.66. The fourth-order valence-electron chi connectivity index (χ4n) is 1.85. The Hall–Kier alpha value is -1.79. The van der Waals surface area contributed by atoms with Gasteiger partial charge in [0.25, 0.3) is 0 Å². The van der Waals surface area contributed by atoms with Crippen molar-refractivity contribution in [3.63, 3.8) is 0 Å². The molecule has 17 heavy (non-hydrogen) atoms. The minimum atomic E-state index is 0.683. The molecule has 92 valence electrons. The van der Waals surface area contributed by atoms with E-state index in [9.17, 15) is 0 Å². The summed E-state index contributed by atoms with van der Waals surface area (Å²) in [6.45, 7) is 3.66. The molecule has 5 N–H and O–H groups in total. The summed E-state index contributed by atoms with van der Waals surface area (Å²) in [5.74, 6) is 7.51. The first-order chi connectivity index (χ1) is 8.33. The minimum absolute atomic E-state index is 0.683. The molecule has 1 fully saturated rings. The van der Waals surface area contributed by atoms with Crippen molar-refractivity contribution in [2.45, 2.75) is 0 Å². The normalized spacial score (nSPS) is 17.0. The van der Waals surface area contributed by atoms with E-state index in [4.69, 9.17) is 11.6 Å². The molecule has 0 saturated carbocycles. The Labute approximate surface area is 101 Å². The van der Waals surface area contributed by atoms with Crippen molar-refractivity contribution in [1.29, 1.82) is 0 Å². The zero-order valence-electron chi connectivity index (χ0n) is 9.71. The Morgan fingerprint density at radius 1 is 1.41 bits per heavy atom. The van der Waals surface area contributed by atoms with Gasteiger partial charge in [-0.15, -0.1) is 0 Å². The predicted molar refractivity (Wildman–Crippen MR) is 67.6 cm³/mol. The molecule has 1 aromatic heterocycles. The van der Waals surface area contributed by atoms with Crippen LogP contribution >= 0.6 is 0 Å². The summed E-state index contributed by atoms with van der Waals surface area (Å²) in [5, 5.41) is 4.81. The summed E-state index contributed by atoms with van der Waals surface area (Å²) in [4.78, 5) is 6.35. The number of rotatable bonds is 3. The van der Waals surface area contributed by atoms with Crippen LogP contribution in [0.1, 0.15) is 0 Å². The molecule has 1 saturated heterocycles. The number of piperazine rings is 1. The van der Waals surface area contributed by atoms with Crippen LogP contribution in [-0.2, 0) is 0 Å². The van der Waals surface area contributed by atoms with E-state index in [1.165, 1.54) is 11.2 Å². The summed E-state index contributed by atoms with van der Waals surface area (Å²) in [6, 6.07) is 5.60. The maximum absolute atomic E-state index is 6.04. The van der Waals surface area contributed by atoms with Crippen molar-refractivity contribution in [3.8, 4) is 0 Å². The van der Waals surface area contributed by atoms with Gasteiger partial charge in [0.05, 0.1) is 0 Å². The quantitative estimate of drug-likeness (QED) is 0.479. The van der Waals surface area contributed by atoms with Gasteiger partial charge in [-0.1, -0.05) is 6.07 Å². The monoisotopic (exact) mass is 234 g/mol. The van der Waals surface area contributed by atoms with Crippen LogP contribution in [0.25, 0.3) is 0 Å². The molecule has 6 heteroatoms. The highest BCUT2D eigenvalue weighted by atomic mass is 15.5. The van der Waals surface area contributed by atoms with Crippen LogP contribution in [0.3, 0.4) is 0 Å². The lowest BCUT2D eigenvalue weighted by Gasteiger charge is -2.35. The van der Waals surface area contributed by atoms with Gasteiger partial charge >= 0.3 is 0 Å². The number of hydrazine groups is 1. The molecule has 2 heterocycles. The SMILES string of the molecule is N/C=C(/N1CCNCC1)N(N)c1ccccn1. The van der Waals surface area contributed by atoms with E-state index in [1.807, 2.05) is 18.2 Å². The molecule has 0 bridgehead atoms. The molecular weight excluding hydrogens is 216 g/mol. The average molecular weight is 234 g/mol. The second-order valence-electron chi connectivity index (χ2n) is 3.82. The van der Waals surface area contributed by atoms with Crippen LogP contribution < -0.4 is 21.9 Å². The standard InChI is InChI=1S/C11H18N6/c12-9-11(16-7-5-14-6-8-16)17(13)10-3-1-2-4-15-10/h1-4,9,14H,5-8,12-13H2/b11-9-. The van der Waals surface area contributed by atoms with E-state index in [2.05, 4.69) is 15.2 Å². The average Bonchev–Trinajstić information content (AvgIpc) is 2.42. The summed E-state index contributed by atoms with van der Waals surface area (Å²) in [7, 11) is 0.